The first-order chi connectivity index (χ1) is 5.56. The van der Waals surface area contributed by atoms with Gasteiger partial charge in [0.2, 0.25) is 0 Å². The van der Waals surface area contributed by atoms with E-state index >= 15 is 0 Å². The molecule has 0 unspecified atom stereocenters. The van der Waals surface area contributed by atoms with Crippen molar-refractivity contribution in [3.63, 3.8) is 0 Å². The molecule has 0 aromatic heterocycles. The van der Waals surface area contributed by atoms with Crippen LogP contribution in [0.3, 0.4) is 0 Å². The minimum atomic E-state index is -0.106. The van der Waals surface area contributed by atoms with Crippen molar-refractivity contribution < 1.29 is 9.53 Å². The average molecular weight is 173 g/mol. The number of hydrogen-bond donors (Lipinski definition) is 0. The molecular weight excluding hydrogens is 154 g/mol. The normalized spacial score (nSPS) is 10.8. The Morgan fingerprint density at radius 3 is 2.50 bits per heavy atom. The van der Waals surface area contributed by atoms with Gasteiger partial charge in [0.05, 0.1) is 12.5 Å². The van der Waals surface area contributed by atoms with Crippen molar-refractivity contribution in [2.75, 3.05) is 20.1 Å². The summed E-state index contributed by atoms with van der Waals surface area (Å²) in [5, 5.41) is 0. The van der Waals surface area contributed by atoms with Gasteiger partial charge in [-0.2, -0.15) is 0 Å². The molecule has 0 fully saturated rings. The van der Waals surface area contributed by atoms with Crippen molar-refractivity contribution in [3.8, 4) is 0 Å². The highest BCUT2D eigenvalue weighted by Crippen LogP contribution is 1.94. The second-order valence-electron chi connectivity index (χ2n) is 3.18. The van der Waals surface area contributed by atoms with Gasteiger partial charge in [0.25, 0.3) is 0 Å². The maximum atomic E-state index is 11.0. The summed E-state index contributed by atoms with van der Waals surface area (Å²) < 4.78 is 4.98. The summed E-state index contributed by atoms with van der Waals surface area (Å²) in [6.07, 6.45) is 0.493. The van der Waals surface area contributed by atoms with Gasteiger partial charge in [-0.15, -0.1) is 0 Å². The molecule has 0 aliphatic carbocycles. The van der Waals surface area contributed by atoms with Gasteiger partial charge in [-0.1, -0.05) is 6.92 Å². The zero-order valence-electron chi connectivity index (χ0n) is 8.46. The van der Waals surface area contributed by atoms with Crippen LogP contribution in [0.1, 0.15) is 27.2 Å². The first kappa shape index (κ1) is 11.4. The lowest BCUT2D eigenvalue weighted by molar-refractivity contribution is -0.147. The van der Waals surface area contributed by atoms with E-state index in [4.69, 9.17) is 4.74 Å². The largest absolute Gasteiger partial charge is 0.463 e. The fraction of sp³-hybridized carbons (Fsp3) is 0.889. The molecule has 72 valence electrons. The number of carbonyl (C=O) groups is 1. The topological polar surface area (TPSA) is 29.5 Å². The second-order valence-corrected chi connectivity index (χ2v) is 3.18. The van der Waals surface area contributed by atoms with Gasteiger partial charge in [0.1, 0.15) is 0 Å². The molecule has 0 heterocycles. The van der Waals surface area contributed by atoms with Gasteiger partial charge in [0, 0.05) is 6.54 Å². The predicted molar refractivity (Wildman–Crippen MR) is 49.0 cm³/mol. The van der Waals surface area contributed by atoms with Gasteiger partial charge in [-0.3, -0.25) is 4.79 Å². The van der Waals surface area contributed by atoms with Gasteiger partial charge in [-0.25, -0.2) is 0 Å². The molecule has 0 amide bonds. The van der Waals surface area contributed by atoms with E-state index < -0.39 is 0 Å². The molecule has 0 bridgehead atoms. The summed E-state index contributed by atoms with van der Waals surface area (Å²) in [6, 6.07) is 0. The Kier molecular flexibility index (Phi) is 5.72. The Morgan fingerprint density at radius 1 is 1.50 bits per heavy atom. The zero-order chi connectivity index (χ0) is 9.56. The fourth-order valence-corrected chi connectivity index (χ4v) is 0.762. The van der Waals surface area contributed by atoms with Gasteiger partial charge in [-0.05, 0) is 27.4 Å². The van der Waals surface area contributed by atoms with Crippen molar-refractivity contribution in [2.24, 2.45) is 0 Å². The highest BCUT2D eigenvalue weighted by atomic mass is 16.5. The molecule has 12 heavy (non-hydrogen) atoms. The molecule has 0 N–H and O–H groups in total. The third-order valence-electron chi connectivity index (χ3n) is 1.60. The van der Waals surface area contributed by atoms with E-state index in [9.17, 15) is 4.79 Å². The van der Waals surface area contributed by atoms with Crippen LogP contribution >= 0.6 is 0 Å². The summed E-state index contributed by atoms with van der Waals surface area (Å²) in [4.78, 5) is 13.1. The molecule has 0 saturated heterocycles. The first-order valence-electron chi connectivity index (χ1n) is 4.44. The van der Waals surface area contributed by atoms with Crippen LogP contribution in [0.4, 0.5) is 0 Å². The number of esters is 1. The molecular formula is C9H19NO2. The molecule has 3 heteroatoms. The molecule has 0 spiro atoms. The van der Waals surface area contributed by atoms with E-state index in [0.717, 1.165) is 13.1 Å². The lowest BCUT2D eigenvalue weighted by Gasteiger charge is -2.13. The van der Waals surface area contributed by atoms with Crippen LogP contribution < -0.4 is 0 Å². The maximum absolute atomic E-state index is 11.0. The highest BCUT2D eigenvalue weighted by Gasteiger charge is 2.05. The number of nitrogens with zero attached hydrogens (tertiary/aromatic N) is 1. The van der Waals surface area contributed by atoms with Crippen LogP contribution in [-0.2, 0) is 9.53 Å². The summed E-state index contributed by atoms with van der Waals surface area (Å²) in [6.45, 7) is 7.54. The maximum Gasteiger partial charge on any atom is 0.307 e. The smallest absolute Gasteiger partial charge is 0.307 e. The quantitative estimate of drug-likeness (QED) is 0.586. The van der Waals surface area contributed by atoms with Crippen LogP contribution in [0, 0.1) is 0 Å². The molecule has 0 aliphatic rings. The number of ether oxygens (including phenoxy) is 1. The van der Waals surface area contributed by atoms with Crippen molar-refractivity contribution in [3.05, 3.63) is 0 Å². The second kappa shape index (κ2) is 6.00. The molecule has 0 rings (SSSR count). The molecule has 0 aromatic carbocycles. The Bertz CT molecular complexity index is 134. The summed E-state index contributed by atoms with van der Waals surface area (Å²) in [5.74, 6) is -0.106. The van der Waals surface area contributed by atoms with Crippen molar-refractivity contribution in [1.82, 2.24) is 4.90 Å². The Morgan fingerprint density at radius 2 is 2.08 bits per heavy atom. The van der Waals surface area contributed by atoms with E-state index in [1.807, 2.05) is 20.9 Å². The summed E-state index contributed by atoms with van der Waals surface area (Å²) >= 11 is 0. The Balaban J connectivity index is 3.44. The van der Waals surface area contributed by atoms with Gasteiger partial charge >= 0.3 is 5.97 Å². The molecule has 0 aliphatic heterocycles. The van der Waals surface area contributed by atoms with E-state index in [1.54, 1.807) is 0 Å². The summed E-state index contributed by atoms with van der Waals surface area (Å²) in [7, 11) is 1.99. The number of rotatable bonds is 5. The molecule has 0 aromatic rings. The zero-order valence-corrected chi connectivity index (χ0v) is 8.46. The fourth-order valence-electron chi connectivity index (χ4n) is 0.762. The van der Waals surface area contributed by atoms with E-state index in [1.165, 1.54) is 0 Å². The molecule has 3 nitrogen and oxygen atoms in total. The van der Waals surface area contributed by atoms with E-state index in [2.05, 4.69) is 11.8 Å². The van der Waals surface area contributed by atoms with Crippen LogP contribution in [0.5, 0.6) is 0 Å². The lowest BCUT2D eigenvalue weighted by Crippen LogP contribution is -2.23. The SMILES string of the molecule is CCN(C)CCC(=O)OC(C)C. The van der Waals surface area contributed by atoms with Crippen molar-refractivity contribution >= 4 is 5.97 Å². The first-order valence-corrected chi connectivity index (χ1v) is 4.44. The van der Waals surface area contributed by atoms with E-state index in [0.29, 0.717) is 6.42 Å². The van der Waals surface area contributed by atoms with Crippen molar-refractivity contribution in [1.29, 1.82) is 0 Å². The van der Waals surface area contributed by atoms with Crippen molar-refractivity contribution in [2.45, 2.75) is 33.3 Å². The van der Waals surface area contributed by atoms with Gasteiger partial charge in [0.15, 0.2) is 0 Å². The minimum Gasteiger partial charge on any atom is -0.463 e. The molecule has 0 radical (unpaired) electrons. The predicted octanol–water partition coefficient (Wildman–Crippen LogP) is 1.28. The Labute approximate surface area is 74.7 Å². The number of carbonyl (C=O) groups excluding carboxylic acids is 1. The third kappa shape index (κ3) is 6.16. The highest BCUT2D eigenvalue weighted by molar-refractivity contribution is 5.69. The van der Waals surface area contributed by atoms with Crippen LogP contribution in [0.2, 0.25) is 0 Å². The average Bonchev–Trinajstić information content (AvgIpc) is 1.99. The monoisotopic (exact) mass is 173 g/mol. The molecule has 0 saturated carbocycles. The van der Waals surface area contributed by atoms with Gasteiger partial charge < -0.3 is 9.64 Å². The van der Waals surface area contributed by atoms with Crippen LogP contribution in [0.15, 0.2) is 0 Å². The summed E-state index contributed by atoms with van der Waals surface area (Å²) in [5.41, 5.74) is 0. The third-order valence-corrected chi connectivity index (χ3v) is 1.60. The van der Waals surface area contributed by atoms with E-state index in [-0.39, 0.29) is 12.1 Å². The lowest BCUT2D eigenvalue weighted by atomic mass is 10.4. The van der Waals surface area contributed by atoms with Crippen LogP contribution in [0.25, 0.3) is 0 Å². The molecule has 0 atom stereocenters. The Hall–Kier alpha value is -0.570. The standard InChI is InChI=1S/C9H19NO2/c1-5-10(4)7-6-9(11)12-8(2)3/h8H,5-7H2,1-4H3. The minimum absolute atomic E-state index is 0.00410. The van der Waals surface area contributed by atoms with Crippen LogP contribution in [-0.4, -0.2) is 37.1 Å². The number of hydrogen-bond acceptors (Lipinski definition) is 3.